The first-order chi connectivity index (χ1) is 12.7. The number of carbonyl (C=O) groups excluding carboxylic acids is 2. The summed E-state index contributed by atoms with van der Waals surface area (Å²) in [7, 11) is 1.57. The standard InChI is InChI=1S/C19H18N4O3/c1-26-13-5-6-16-14(8-13)15(9-18(24)22-16)19(25)20-10-12-11-21-23-7-3-2-4-17(12)23/h2-8,11,15H,9-10H2,1H3,(H,20,25)(H,22,24)/t15-/m0/s1. The Hall–Kier alpha value is -3.35. The molecular formula is C19H18N4O3. The van der Waals surface area contributed by atoms with E-state index in [2.05, 4.69) is 15.7 Å². The van der Waals surface area contributed by atoms with Crippen LogP contribution in [0.2, 0.25) is 0 Å². The van der Waals surface area contributed by atoms with Crippen molar-refractivity contribution in [2.24, 2.45) is 0 Å². The zero-order valence-corrected chi connectivity index (χ0v) is 14.2. The summed E-state index contributed by atoms with van der Waals surface area (Å²) in [6.45, 7) is 0.351. The van der Waals surface area contributed by atoms with Gasteiger partial charge in [-0.15, -0.1) is 0 Å². The van der Waals surface area contributed by atoms with Crippen LogP contribution in [0.5, 0.6) is 5.75 Å². The Kier molecular flexibility index (Phi) is 4.04. The van der Waals surface area contributed by atoms with E-state index in [9.17, 15) is 9.59 Å². The van der Waals surface area contributed by atoms with E-state index in [-0.39, 0.29) is 18.2 Å². The van der Waals surface area contributed by atoms with Crippen molar-refractivity contribution in [2.75, 3.05) is 12.4 Å². The van der Waals surface area contributed by atoms with Crippen LogP contribution in [0, 0.1) is 0 Å². The maximum atomic E-state index is 12.8. The average Bonchev–Trinajstić information content (AvgIpc) is 3.08. The molecule has 0 fully saturated rings. The van der Waals surface area contributed by atoms with Crippen molar-refractivity contribution in [3.05, 3.63) is 59.9 Å². The molecule has 1 aliphatic heterocycles. The molecule has 0 saturated carbocycles. The van der Waals surface area contributed by atoms with E-state index < -0.39 is 5.92 Å². The highest BCUT2D eigenvalue weighted by Crippen LogP contribution is 2.35. The molecule has 2 aromatic heterocycles. The maximum absolute atomic E-state index is 12.8. The molecule has 7 heteroatoms. The highest BCUT2D eigenvalue weighted by atomic mass is 16.5. The van der Waals surface area contributed by atoms with Crippen molar-refractivity contribution in [2.45, 2.75) is 18.9 Å². The predicted octanol–water partition coefficient (Wildman–Crippen LogP) is 2.09. The number of benzene rings is 1. The molecule has 0 unspecified atom stereocenters. The predicted molar refractivity (Wildman–Crippen MR) is 96.0 cm³/mol. The number of methoxy groups -OCH3 is 1. The summed E-state index contributed by atoms with van der Waals surface area (Å²) in [5.41, 5.74) is 3.28. The summed E-state index contributed by atoms with van der Waals surface area (Å²) in [6.07, 6.45) is 3.70. The third kappa shape index (κ3) is 2.88. The fourth-order valence-electron chi connectivity index (χ4n) is 3.23. The molecule has 4 rings (SSSR count). The SMILES string of the molecule is COc1ccc2c(c1)[C@@H](C(=O)NCc1cnn3ccccc13)CC(=O)N2. The van der Waals surface area contributed by atoms with Crippen molar-refractivity contribution in [3.8, 4) is 5.75 Å². The Morgan fingerprint density at radius 2 is 2.27 bits per heavy atom. The molecule has 2 amide bonds. The van der Waals surface area contributed by atoms with Crippen LogP contribution < -0.4 is 15.4 Å². The fourth-order valence-corrected chi connectivity index (χ4v) is 3.23. The van der Waals surface area contributed by atoms with Gasteiger partial charge in [-0.25, -0.2) is 4.52 Å². The molecule has 0 radical (unpaired) electrons. The lowest BCUT2D eigenvalue weighted by atomic mass is 9.89. The fraction of sp³-hybridized carbons (Fsp3) is 0.211. The molecule has 132 valence electrons. The number of hydrogen-bond donors (Lipinski definition) is 2. The maximum Gasteiger partial charge on any atom is 0.228 e. The van der Waals surface area contributed by atoms with E-state index in [1.54, 1.807) is 36.0 Å². The van der Waals surface area contributed by atoms with Gasteiger partial charge in [0.05, 0.1) is 24.7 Å². The molecule has 26 heavy (non-hydrogen) atoms. The number of nitrogens with zero attached hydrogens (tertiary/aromatic N) is 2. The van der Waals surface area contributed by atoms with Crippen molar-refractivity contribution in [3.63, 3.8) is 0 Å². The first kappa shape index (κ1) is 16.1. The van der Waals surface area contributed by atoms with Gasteiger partial charge >= 0.3 is 0 Å². The number of amides is 2. The summed E-state index contributed by atoms with van der Waals surface area (Å²) in [4.78, 5) is 24.7. The lowest BCUT2D eigenvalue weighted by Crippen LogP contribution is -2.34. The van der Waals surface area contributed by atoms with E-state index in [0.717, 1.165) is 16.6 Å². The number of hydrogen-bond acceptors (Lipinski definition) is 4. The molecule has 7 nitrogen and oxygen atoms in total. The third-order valence-electron chi connectivity index (χ3n) is 4.57. The minimum Gasteiger partial charge on any atom is -0.497 e. The number of aromatic nitrogens is 2. The molecule has 3 heterocycles. The third-order valence-corrected chi connectivity index (χ3v) is 4.57. The van der Waals surface area contributed by atoms with Gasteiger partial charge in [0.15, 0.2) is 0 Å². The molecule has 2 N–H and O–H groups in total. The van der Waals surface area contributed by atoms with Crippen LogP contribution in [-0.4, -0.2) is 28.5 Å². The molecular weight excluding hydrogens is 332 g/mol. The summed E-state index contributed by atoms with van der Waals surface area (Å²) in [6, 6.07) is 11.1. The second kappa shape index (κ2) is 6.51. The highest BCUT2D eigenvalue weighted by Gasteiger charge is 2.31. The Morgan fingerprint density at radius 3 is 3.12 bits per heavy atom. The first-order valence-corrected chi connectivity index (χ1v) is 8.32. The van der Waals surface area contributed by atoms with Crippen LogP contribution in [0.25, 0.3) is 5.52 Å². The zero-order chi connectivity index (χ0) is 18.1. The number of rotatable bonds is 4. The van der Waals surface area contributed by atoms with E-state index in [1.165, 1.54) is 0 Å². The smallest absolute Gasteiger partial charge is 0.228 e. The Labute approximate surface area is 150 Å². The summed E-state index contributed by atoms with van der Waals surface area (Å²) >= 11 is 0. The topological polar surface area (TPSA) is 84.7 Å². The van der Waals surface area contributed by atoms with Crippen LogP contribution in [0.15, 0.2) is 48.8 Å². The van der Waals surface area contributed by atoms with Crippen LogP contribution >= 0.6 is 0 Å². The molecule has 0 aliphatic carbocycles. The monoisotopic (exact) mass is 350 g/mol. The van der Waals surface area contributed by atoms with Crippen molar-refractivity contribution >= 4 is 23.0 Å². The van der Waals surface area contributed by atoms with Gasteiger partial charge in [0, 0.05) is 30.4 Å². The lowest BCUT2D eigenvalue weighted by molar-refractivity contribution is -0.126. The van der Waals surface area contributed by atoms with Gasteiger partial charge in [-0.1, -0.05) is 6.07 Å². The second-order valence-corrected chi connectivity index (χ2v) is 6.18. The van der Waals surface area contributed by atoms with Gasteiger partial charge in [0.2, 0.25) is 11.8 Å². The van der Waals surface area contributed by atoms with E-state index in [0.29, 0.717) is 18.0 Å². The van der Waals surface area contributed by atoms with E-state index in [4.69, 9.17) is 4.74 Å². The quantitative estimate of drug-likeness (QED) is 0.754. The zero-order valence-electron chi connectivity index (χ0n) is 14.2. The van der Waals surface area contributed by atoms with Crippen LogP contribution in [-0.2, 0) is 16.1 Å². The Balaban J connectivity index is 1.56. The van der Waals surface area contributed by atoms with Gasteiger partial charge in [-0.2, -0.15) is 5.10 Å². The largest absolute Gasteiger partial charge is 0.497 e. The number of anilines is 1. The number of ether oxygens (including phenoxy) is 1. The molecule has 0 bridgehead atoms. The first-order valence-electron chi connectivity index (χ1n) is 8.32. The molecule has 3 aromatic rings. The minimum atomic E-state index is -0.546. The minimum absolute atomic E-state index is 0.112. The van der Waals surface area contributed by atoms with Gasteiger partial charge in [0.1, 0.15) is 5.75 Å². The molecule has 1 atom stereocenters. The molecule has 1 aliphatic rings. The molecule has 0 saturated heterocycles. The molecule has 1 aromatic carbocycles. The Bertz CT molecular complexity index is 995. The average molecular weight is 350 g/mol. The van der Waals surface area contributed by atoms with Gasteiger partial charge < -0.3 is 15.4 Å². The van der Waals surface area contributed by atoms with Gasteiger partial charge in [-0.3, -0.25) is 9.59 Å². The number of carbonyl (C=O) groups is 2. The van der Waals surface area contributed by atoms with Crippen molar-refractivity contribution in [1.29, 1.82) is 0 Å². The lowest BCUT2D eigenvalue weighted by Gasteiger charge is -2.25. The van der Waals surface area contributed by atoms with Crippen LogP contribution in [0.1, 0.15) is 23.5 Å². The van der Waals surface area contributed by atoms with Crippen LogP contribution in [0.4, 0.5) is 5.69 Å². The van der Waals surface area contributed by atoms with E-state index in [1.807, 2.05) is 24.4 Å². The van der Waals surface area contributed by atoms with E-state index >= 15 is 0 Å². The molecule has 0 spiro atoms. The summed E-state index contributed by atoms with van der Waals surface area (Å²) < 4.78 is 7.01. The van der Waals surface area contributed by atoms with Crippen molar-refractivity contribution < 1.29 is 14.3 Å². The summed E-state index contributed by atoms with van der Waals surface area (Å²) in [5, 5.41) is 10.00. The number of fused-ring (bicyclic) bond motifs is 2. The van der Waals surface area contributed by atoms with Gasteiger partial charge in [-0.05, 0) is 35.9 Å². The Morgan fingerprint density at radius 1 is 1.38 bits per heavy atom. The second-order valence-electron chi connectivity index (χ2n) is 6.18. The highest BCUT2D eigenvalue weighted by molar-refractivity contribution is 6.01. The van der Waals surface area contributed by atoms with Crippen LogP contribution in [0.3, 0.4) is 0 Å². The number of nitrogens with one attached hydrogen (secondary N) is 2. The van der Waals surface area contributed by atoms with Gasteiger partial charge in [0.25, 0.3) is 0 Å². The van der Waals surface area contributed by atoms with Crippen molar-refractivity contribution in [1.82, 2.24) is 14.9 Å². The normalized spacial score (nSPS) is 16.0. The number of pyridine rings is 1. The summed E-state index contributed by atoms with van der Waals surface area (Å²) in [5.74, 6) is -0.251.